The summed E-state index contributed by atoms with van der Waals surface area (Å²) < 4.78 is 37.7. The lowest BCUT2D eigenvalue weighted by Gasteiger charge is -2.26. The van der Waals surface area contributed by atoms with Crippen LogP contribution in [0, 0.1) is 11.6 Å². The van der Waals surface area contributed by atoms with Crippen LogP contribution >= 0.6 is 0 Å². The molecule has 0 spiro atoms. The zero-order valence-corrected chi connectivity index (χ0v) is 20.2. The molecule has 190 valence electrons. The van der Waals surface area contributed by atoms with Crippen molar-refractivity contribution >= 4 is 16.9 Å². The van der Waals surface area contributed by atoms with Gasteiger partial charge in [0.1, 0.15) is 11.6 Å². The summed E-state index contributed by atoms with van der Waals surface area (Å²) in [5.41, 5.74) is 3.56. The Balaban J connectivity index is 1.33. The summed E-state index contributed by atoms with van der Waals surface area (Å²) in [5.74, 6) is -1.45. The van der Waals surface area contributed by atoms with E-state index in [9.17, 15) is 4.79 Å². The summed E-state index contributed by atoms with van der Waals surface area (Å²) in [7, 11) is 0. The SMILES string of the molecule is O=C1CN(Cc2c(F)cc(-c3cccc4ncc(-c5cnn(C6CCOCC6)c5)nc34)cc2F)CCN1. The van der Waals surface area contributed by atoms with Gasteiger partial charge in [-0.2, -0.15) is 5.10 Å². The van der Waals surface area contributed by atoms with Gasteiger partial charge in [-0.15, -0.1) is 0 Å². The largest absolute Gasteiger partial charge is 0.381 e. The van der Waals surface area contributed by atoms with Gasteiger partial charge in [0, 0.05) is 55.7 Å². The Kier molecular flexibility index (Phi) is 6.35. The van der Waals surface area contributed by atoms with Gasteiger partial charge < -0.3 is 10.1 Å². The van der Waals surface area contributed by atoms with E-state index in [0.29, 0.717) is 40.9 Å². The fourth-order valence-corrected chi connectivity index (χ4v) is 4.98. The van der Waals surface area contributed by atoms with Gasteiger partial charge in [-0.05, 0) is 36.6 Å². The zero-order valence-electron chi connectivity index (χ0n) is 20.2. The average molecular weight is 505 g/mol. The van der Waals surface area contributed by atoms with E-state index in [-0.39, 0.29) is 30.6 Å². The number of carbonyl (C=O) groups excluding carboxylic acids is 1. The monoisotopic (exact) mass is 504 g/mol. The van der Waals surface area contributed by atoms with E-state index in [0.717, 1.165) is 31.6 Å². The molecule has 10 heteroatoms. The third-order valence-electron chi connectivity index (χ3n) is 6.99. The number of nitrogens with zero attached hydrogens (tertiary/aromatic N) is 5. The summed E-state index contributed by atoms with van der Waals surface area (Å²) in [6.45, 7) is 2.59. The Bertz CT molecular complexity index is 1440. The van der Waals surface area contributed by atoms with Crippen molar-refractivity contribution in [3.63, 3.8) is 0 Å². The minimum absolute atomic E-state index is 0.0297. The maximum atomic E-state index is 15.1. The highest BCUT2D eigenvalue weighted by molar-refractivity contribution is 5.92. The lowest BCUT2D eigenvalue weighted by molar-refractivity contribution is -0.124. The number of benzene rings is 2. The first-order valence-corrected chi connectivity index (χ1v) is 12.4. The Morgan fingerprint density at radius 1 is 1.08 bits per heavy atom. The van der Waals surface area contributed by atoms with E-state index in [1.807, 2.05) is 16.9 Å². The second-order valence-electron chi connectivity index (χ2n) is 9.46. The van der Waals surface area contributed by atoms with Gasteiger partial charge in [-0.25, -0.2) is 13.8 Å². The van der Waals surface area contributed by atoms with Crippen LogP contribution in [0.15, 0.2) is 48.9 Å². The Labute approximate surface area is 212 Å². The molecule has 4 aromatic rings. The molecule has 0 aliphatic carbocycles. The van der Waals surface area contributed by atoms with Crippen molar-refractivity contribution in [3.8, 4) is 22.4 Å². The molecule has 0 saturated carbocycles. The number of halogens is 2. The first-order chi connectivity index (χ1) is 18.0. The molecule has 0 unspecified atom stereocenters. The Hall–Kier alpha value is -3.76. The van der Waals surface area contributed by atoms with E-state index in [1.165, 1.54) is 12.1 Å². The van der Waals surface area contributed by atoms with E-state index in [1.54, 1.807) is 29.4 Å². The molecule has 4 heterocycles. The Morgan fingerprint density at radius 3 is 2.68 bits per heavy atom. The number of ether oxygens (including phenoxy) is 1. The van der Waals surface area contributed by atoms with Crippen LogP contribution in [0.2, 0.25) is 0 Å². The molecule has 6 rings (SSSR count). The molecule has 2 aliphatic rings. The molecule has 0 bridgehead atoms. The highest BCUT2D eigenvalue weighted by Gasteiger charge is 2.22. The molecule has 2 fully saturated rings. The van der Waals surface area contributed by atoms with Gasteiger partial charge in [-0.3, -0.25) is 19.4 Å². The smallest absolute Gasteiger partial charge is 0.234 e. The summed E-state index contributed by atoms with van der Waals surface area (Å²) in [4.78, 5) is 22.8. The molecular formula is C27H26F2N6O2. The maximum Gasteiger partial charge on any atom is 0.234 e. The zero-order chi connectivity index (χ0) is 25.4. The number of rotatable bonds is 5. The molecular weight excluding hydrogens is 478 g/mol. The second kappa shape index (κ2) is 9.95. The van der Waals surface area contributed by atoms with E-state index < -0.39 is 11.6 Å². The van der Waals surface area contributed by atoms with Crippen molar-refractivity contribution < 1.29 is 18.3 Å². The van der Waals surface area contributed by atoms with Gasteiger partial charge in [0.15, 0.2) is 0 Å². The third kappa shape index (κ3) is 4.82. The number of fused-ring (bicyclic) bond motifs is 1. The predicted molar refractivity (Wildman–Crippen MR) is 133 cm³/mol. The fraction of sp³-hybridized carbons (Fsp3) is 0.333. The molecule has 1 amide bonds. The molecule has 37 heavy (non-hydrogen) atoms. The van der Waals surface area contributed by atoms with Crippen LogP contribution in [-0.2, 0) is 16.1 Å². The third-order valence-corrected chi connectivity index (χ3v) is 6.99. The molecule has 0 atom stereocenters. The van der Waals surface area contributed by atoms with Crippen LogP contribution in [0.5, 0.6) is 0 Å². The van der Waals surface area contributed by atoms with Crippen molar-refractivity contribution in [2.24, 2.45) is 0 Å². The maximum absolute atomic E-state index is 15.1. The number of nitrogens with one attached hydrogen (secondary N) is 1. The minimum Gasteiger partial charge on any atom is -0.381 e. The lowest BCUT2D eigenvalue weighted by atomic mass is 10.0. The molecule has 2 aliphatic heterocycles. The number of piperazine rings is 1. The normalized spacial score (nSPS) is 17.3. The minimum atomic E-state index is -0.653. The number of amides is 1. The quantitative estimate of drug-likeness (QED) is 0.446. The first kappa shape index (κ1) is 23.6. The average Bonchev–Trinajstić information content (AvgIpc) is 3.41. The van der Waals surface area contributed by atoms with Crippen molar-refractivity contribution in [2.75, 3.05) is 32.8 Å². The molecule has 2 aromatic carbocycles. The van der Waals surface area contributed by atoms with Gasteiger partial charge in [0.05, 0.1) is 41.7 Å². The van der Waals surface area contributed by atoms with E-state index in [4.69, 9.17) is 9.72 Å². The summed E-state index contributed by atoms with van der Waals surface area (Å²) in [5, 5.41) is 7.25. The van der Waals surface area contributed by atoms with Crippen LogP contribution in [0.4, 0.5) is 8.78 Å². The number of carbonyl (C=O) groups is 1. The molecule has 8 nitrogen and oxygen atoms in total. The molecule has 1 N–H and O–H groups in total. The fourth-order valence-electron chi connectivity index (χ4n) is 4.98. The van der Waals surface area contributed by atoms with Crippen molar-refractivity contribution in [1.82, 2.24) is 30.0 Å². The van der Waals surface area contributed by atoms with Gasteiger partial charge in [-0.1, -0.05) is 12.1 Å². The van der Waals surface area contributed by atoms with Crippen molar-refractivity contribution in [1.29, 1.82) is 0 Å². The van der Waals surface area contributed by atoms with E-state index >= 15 is 8.78 Å². The lowest BCUT2D eigenvalue weighted by Crippen LogP contribution is -2.47. The van der Waals surface area contributed by atoms with Crippen LogP contribution in [0.3, 0.4) is 0 Å². The molecule has 0 radical (unpaired) electrons. The molecule has 2 saturated heterocycles. The first-order valence-electron chi connectivity index (χ1n) is 12.4. The van der Waals surface area contributed by atoms with Gasteiger partial charge in [0.2, 0.25) is 5.91 Å². The van der Waals surface area contributed by atoms with Crippen LogP contribution in [0.25, 0.3) is 33.4 Å². The number of aromatic nitrogens is 4. The summed E-state index contributed by atoms with van der Waals surface area (Å²) >= 11 is 0. The van der Waals surface area contributed by atoms with Gasteiger partial charge >= 0.3 is 0 Å². The summed E-state index contributed by atoms with van der Waals surface area (Å²) in [6.07, 6.45) is 7.24. The highest BCUT2D eigenvalue weighted by atomic mass is 19.1. The van der Waals surface area contributed by atoms with Crippen molar-refractivity contribution in [2.45, 2.75) is 25.4 Å². The van der Waals surface area contributed by atoms with Crippen LogP contribution < -0.4 is 5.32 Å². The second-order valence-corrected chi connectivity index (χ2v) is 9.46. The predicted octanol–water partition coefficient (Wildman–Crippen LogP) is 3.72. The van der Waals surface area contributed by atoms with Crippen LogP contribution in [0.1, 0.15) is 24.4 Å². The Morgan fingerprint density at radius 2 is 1.89 bits per heavy atom. The van der Waals surface area contributed by atoms with E-state index in [2.05, 4.69) is 15.4 Å². The number of hydrogen-bond acceptors (Lipinski definition) is 6. The topological polar surface area (TPSA) is 85.2 Å². The highest BCUT2D eigenvalue weighted by Crippen LogP contribution is 2.31. The van der Waals surface area contributed by atoms with Crippen LogP contribution in [-0.4, -0.2) is 63.4 Å². The summed E-state index contributed by atoms with van der Waals surface area (Å²) in [6, 6.07) is 8.35. The van der Waals surface area contributed by atoms with Crippen molar-refractivity contribution in [3.05, 3.63) is 66.1 Å². The standard InChI is InChI=1S/C27H26F2N6O2/c28-22-10-17(11-23(29)21(22)15-34-7-6-30-26(36)16-34)20-2-1-3-24-27(20)33-25(13-31-24)18-12-32-35(14-18)19-4-8-37-9-5-19/h1-3,10-14,19H,4-9,15-16H2,(H,30,36). The van der Waals surface area contributed by atoms with Gasteiger partial charge in [0.25, 0.3) is 0 Å². The molecule has 2 aromatic heterocycles. The number of hydrogen-bond donors (Lipinski definition) is 1. The number of para-hydroxylation sites is 1.